The van der Waals surface area contributed by atoms with E-state index in [9.17, 15) is 4.79 Å². The number of carbonyl (C=O) groups excluding carboxylic acids is 1. The number of piperazine rings is 1. The summed E-state index contributed by atoms with van der Waals surface area (Å²) in [5, 5.41) is 0. The lowest BCUT2D eigenvalue weighted by Gasteiger charge is -2.37. The van der Waals surface area contributed by atoms with Crippen LogP contribution in [-0.4, -0.2) is 61.0 Å². The van der Waals surface area contributed by atoms with Gasteiger partial charge >= 0.3 is 0 Å². The topological polar surface area (TPSA) is 26.8 Å². The van der Waals surface area contributed by atoms with Crippen LogP contribution in [0.4, 0.5) is 5.69 Å². The molecule has 4 heteroatoms. The third kappa shape index (κ3) is 5.14. The molecule has 1 aromatic rings. The molecule has 0 bridgehead atoms. The zero-order valence-corrected chi connectivity index (χ0v) is 18.8. The third-order valence-electron chi connectivity index (χ3n) is 7.05. The van der Waals surface area contributed by atoms with Crippen molar-refractivity contribution in [3.05, 3.63) is 29.3 Å². The van der Waals surface area contributed by atoms with Gasteiger partial charge in [0.1, 0.15) is 0 Å². The molecule has 29 heavy (non-hydrogen) atoms. The second-order valence-electron chi connectivity index (χ2n) is 10.5. The number of anilines is 1. The minimum Gasteiger partial charge on any atom is -0.368 e. The van der Waals surface area contributed by atoms with Crippen molar-refractivity contribution in [1.82, 2.24) is 9.80 Å². The van der Waals surface area contributed by atoms with Crippen molar-refractivity contribution in [3.63, 3.8) is 0 Å². The number of nitrogens with zero attached hydrogens (tertiary/aromatic N) is 3. The number of hydrogen-bond acceptors (Lipinski definition) is 3. The first-order valence-electron chi connectivity index (χ1n) is 11.8. The van der Waals surface area contributed by atoms with Gasteiger partial charge in [0.15, 0.2) is 0 Å². The van der Waals surface area contributed by atoms with Crippen molar-refractivity contribution < 1.29 is 4.79 Å². The fourth-order valence-electron chi connectivity index (χ4n) is 5.34. The van der Waals surface area contributed by atoms with Crippen LogP contribution in [0, 0.1) is 5.41 Å². The molecule has 1 saturated heterocycles. The summed E-state index contributed by atoms with van der Waals surface area (Å²) in [5.74, 6) is 0.311. The normalized spacial score (nSPS) is 21.9. The van der Waals surface area contributed by atoms with Crippen molar-refractivity contribution in [1.29, 1.82) is 0 Å². The van der Waals surface area contributed by atoms with Gasteiger partial charge in [-0.3, -0.25) is 9.69 Å². The first-order chi connectivity index (χ1) is 13.9. The average Bonchev–Trinajstić information content (AvgIpc) is 3.14. The number of benzene rings is 1. The number of amides is 1. The van der Waals surface area contributed by atoms with Crippen LogP contribution in [0.3, 0.4) is 0 Å². The summed E-state index contributed by atoms with van der Waals surface area (Å²) in [4.78, 5) is 19.8. The molecule has 2 heterocycles. The van der Waals surface area contributed by atoms with Crippen LogP contribution >= 0.6 is 0 Å². The SMILES string of the molecule is CC(C)(C)CC(=O)N1CCN(c2ccc3c(c2)CCN(C2CCCC2)CC3)CC1. The highest BCUT2D eigenvalue weighted by Gasteiger charge is 2.27. The number of rotatable bonds is 3. The molecule has 0 N–H and O–H groups in total. The second-order valence-corrected chi connectivity index (χ2v) is 10.5. The van der Waals surface area contributed by atoms with Gasteiger partial charge in [-0.05, 0) is 54.4 Å². The van der Waals surface area contributed by atoms with Gasteiger partial charge in [-0.15, -0.1) is 0 Å². The van der Waals surface area contributed by atoms with E-state index in [-0.39, 0.29) is 5.41 Å². The molecule has 0 radical (unpaired) electrons. The largest absolute Gasteiger partial charge is 0.368 e. The summed E-state index contributed by atoms with van der Waals surface area (Å²) in [6.45, 7) is 12.5. The standard InChI is InChI=1S/C25H39N3O/c1-25(2,3)19-24(29)28-16-14-27(15-17-28)23-9-8-20-10-12-26(13-11-21(20)18-23)22-6-4-5-7-22/h8-9,18,22H,4-7,10-17,19H2,1-3H3. The first kappa shape index (κ1) is 20.7. The fraction of sp³-hybridized carbons (Fsp3) is 0.720. The molecular weight excluding hydrogens is 358 g/mol. The molecule has 1 saturated carbocycles. The number of carbonyl (C=O) groups is 1. The molecule has 2 aliphatic heterocycles. The predicted octanol–water partition coefficient (Wildman–Crippen LogP) is 4.11. The van der Waals surface area contributed by atoms with Crippen LogP contribution < -0.4 is 4.90 Å². The zero-order valence-electron chi connectivity index (χ0n) is 18.8. The Balaban J connectivity index is 1.35. The molecule has 160 valence electrons. The van der Waals surface area contributed by atoms with Gasteiger partial charge in [0.05, 0.1) is 0 Å². The lowest BCUT2D eigenvalue weighted by molar-refractivity contribution is -0.133. The molecule has 1 aliphatic carbocycles. The Labute approximate surface area is 177 Å². The monoisotopic (exact) mass is 397 g/mol. The third-order valence-corrected chi connectivity index (χ3v) is 7.05. The Hall–Kier alpha value is -1.55. The quantitative estimate of drug-likeness (QED) is 0.768. The summed E-state index contributed by atoms with van der Waals surface area (Å²) in [7, 11) is 0. The van der Waals surface area contributed by atoms with Crippen molar-refractivity contribution in [3.8, 4) is 0 Å². The van der Waals surface area contributed by atoms with Gasteiger partial charge < -0.3 is 9.80 Å². The summed E-state index contributed by atoms with van der Waals surface area (Å²) in [6, 6.07) is 7.97. The van der Waals surface area contributed by atoms with Crippen LogP contribution in [0.25, 0.3) is 0 Å². The molecule has 4 nitrogen and oxygen atoms in total. The molecule has 3 aliphatic rings. The van der Waals surface area contributed by atoms with Crippen molar-refractivity contribution in [2.45, 2.75) is 71.8 Å². The van der Waals surface area contributed by atoms with Gasteiger partial charge in [0.2, 0.25) is 5.91 Å². The molecule has 0 unspecified atom stereocenters. The van der Waals surface area contributed by atoms with Crippen LogP contribution in [0.5, 0.6) is 0 Å². The molecule has 0 atom stereocenters. The van der Waals surface area contributed by atoms with Gasteiger partial charge in [0, 0.05) is 57.4 Å². The van der Waals surface area contributed by atoms with Gasteiger partial charge in [-0.2, -0.15) is 0 Å². The van der Waals surface area contributed by atoms with E-state index < -0.39 is 0 Å². The highest BCUT2D eigenvalue weighted by atomic mass is 16.2. The van der Waals surface area contributed by atoms with E-state index in [1.165, 1.54) is 57.3 Å². The number of fused-ring (bicyclic) bond motifs is 1. The smallest absolute Gasteiger partial charge is 0.223 e. The summed E-state index contributed by atoms with van der Waals surface area (Å²) >= 11 is 0. The lowest BCUT2D eigenvalue weighted by atomic mass is 9.91. The minimum absolute atomic E-state index is 0.0671. The Morgan fingerprint density at radius 3 is 2.24 bits per heavy atom. The van der Waals surface area contributed by atoms with E-state index in [1.807, 2.05) is 0 Å². The Morgan fingerprint density at radius 2 is 1.59 bits per heavy atom. The molecule has 1 amide bonds. The molecular formula is C25H39N3O. The summed E-state index contributed by atoms with van der Waals surface area (Å²) < 4.78 is 0. The Bertz CT molecular complexity index is 709. The molecule has 2 fully saturated rings. The predicted molar refractivity (Wildman–Crippen MR) is 121 cm³/mol. The molecule has 1 aromatic carbocycles. The maximum Gasteiger partial charge on any atom is 0.223 e. The van der Waals surface area contributed by atoms with Gasteiger partial charge in [-0.25, -0.2) is 0 Å². The fourth-order valence-corrected chi connectivity index (χ4v) is 5.34. The van der Waals surface area contributed by atoms with Crippen molar-refractivity contribution in [2.75, 3.05) is 44.2 Å². The average molecular weight is 398 g/mol. The van der Waals surface area contributed by atoms with Crippen molar-refractivity contribution in [2.24, 2.45) is 5.41 Å². The van der Waals surface area contributed by atoms with E-state index in [4.69, 9.17) is 0 Å². The maximum absolute atomic E-state index is 12.5. The number of hydrogen-bond donors (Lipinski definition) is 0. The first-order valence-corrected chi connectivity index (χ1v) is 11.8. The van der Waals surface area contributed by atoms with E-state index in [2.05, 4.69) is 53.7 Å². The second kappa shape index (κ2) is 8.67. The van der Waals surface area contributed by atoms with E-state index >= 15 is 0 Å². The molecule has 0 spiro atoms. The Morgan fingerprint density at radius 1 is 0.931 bits per heavy atom. The highest BCUT2D eigenvalue weighted by Crippen LogP contribution is 2.28. The van der Waals surface area contributed by atoms with E-state index in [0.29, 0.717) is 12.3 Å². The summed E-state index contributed by atoms with van der Waals surface area (Å²) in [6.07, 6.45) is 8.67. The molecule has 4 rings (SSSR count). The van der Waals surface area contributed by atoms with E-state index in [1.54, 1.807) is 11.1 Å². The summed E-state index contributed by atoms with van der Waals surface area (Å²) in [5.41, 5.74) is 4.51. The van der Waals surface area contributed by atoms with Gasteiger partial charge in [-0.1, -0.05) is 39.7 Å². The maximum atomic E-state index is 12.5. The zero-order chi connectivity index (χ0) is 20.4. The van der Waals surface area contributed by atoms with Crippen LogP contribution in [-0.2, 0) is 17.6 Å². The van der Waals surface area contributed by atoms with Crippen LogP contribution in [0.15, 0.2) is 18.2 Å². The van der Waals surface area contributed by atoms with E-state index in [0.717, 1.165) is 32.2 Å². The van der Waals surface area contributed by atoms with Crippen molar-refractivity contribution >= 4 is 11.6 Å². The molecule has 0 aromatic heterocycles. The minimum atomic E-state index is 0.0671. The lowest BCUT2D eigenvalue weighted by Crippen LogP contribution is -2.49. The highest BCUT2D eigenvalue weighted by molar-refractivity contribution is 5.77. The van der Waals surface area contributed by atoms with Gasteiger partial charge in [0.25, 0.3) is 0 Å². The van der Waals surface area contributed by atoms with Crippen LogP contribution in [0.2, 0.25) is 0 Å². The van der Waals surface area contributed by atoms with Crippen LogP contribution in [0.1, 0.15) is 64.0 Å². The Kier molecular flexibility index (Phi) is 6.19.